The fourth-order valence-corrected chi connectivity index (χ4v) is 2.82. The number of aliphatic hydroxyl groups is 1. The van der Waals surface area contributed by atoms with Crippen molar-refractivity contribution in [1.29, 1.82) is 0 Å². The standard InChI is InChI=1S/C13H12ClFOS/c1-8-6-17-7-11(8)13(16)5-9-4-10(14)2-3-12(9)15/h2-4,6-7,13,16H,5H2,1H3. The Kier molecular flexibility index (Phi) is 3.82. The Morgan fingerprint density at radius 1 is 1.41 bits per heavy atom. The SMILES string of the molecule is Cc1cscc1C(O)Cc1cc(Cl)ccc1F. The molecule has 1 nitrogen and oxygen atoms in total. The third-order valence-electron chi connectivity index (χ3n) is 2.68. The van der Waals surface area contributed by atoms with Gasteiger partial charge < -0.3 is 5.11 Å². The largest absolute Gasteiger partial charge is 0.388 e. The summed E-state index contributed by atoms with van der Waals surface area (Å²) in [5.41, 5.74) is 2.33. The van der Waals surface area contributed by atoms with Crippen LogP contribution >= 0.6 is 22.9 Å². The van der Waals surface area contributed by atoms with E-state index in [2.05, 4.69) is 0 Å². The van der Waals surface area contributed by atoms with Crippen LogP contribution in [-0.4, -0.2) is 5.11 Å². The molecule has 0 aliphatic carbocycles. The first-order valence-corrected chi connectivity index (χ1v) is 6.54. The molecule has 2 aromatic rings. The molecule has 1 N–H and O–H groups in total. The van der Waals surface area contributed by atoms with Gasteiger partial charge in [-0.15, -0.1) is 0 Å². The van der Waals surface area contributed by atoms with Gasteiger partial charge >= 0.3 is 0 Å². The summed E-state index contributed by atoms with van der Waals surface area (Å²) in [5.74, 6) is -0.332. The zero-order valence-electron chi connectivity index (χ0n) is 9.28. The Bertz CT molecular complexity index is 524. The molecular formula is C13H12ClFOS. The summed E-state index contributed by atoms with van der Waals surface area (Å²) in [6.45, 7) is 1.93. The second kappa shape index (κ2) is 5.17. The Hall–Kier alpha value is -0.900. The Morgan fingerprint density at radius 3 is 2.82 bits per heavy atom. The van der Waals surface area contributed by atoms with E-state index in [-0.39, 0.29) is 12.2 Å². The average molecular weight is 271 g/mol. The van der Waals surface area contributed by atoms with Crippen molar-refractivity contribution in [1.82, 2.24) is 0 Å². The fraction of sp³-hybridized carbons (Fsp3) is 0.231. The van der Waals surface area contributed by atoms with Gasteiger partial charge in [-0.05, 0) is 52.6 Å². The molecule has 1 atom stereocenters. The van der Waals surface area contributed by atoms with E-state index in [1.54, 1.807) is 6.07 Å². The molecule has 0 saturated heterocycles. The van der Waals surface area contributed by atoms with Crippen LogP contribution in [0.2, 0.25) is 5.02 Å². The van der Waals surface area contributed by atoms with Crippen LogP contribution in [0.3, 0.4) is 0 Å². The minimum Gasteiger partial charge on any atom is -0.388 e. The smallest absolute Gasteiger partial charge is 0.126 e. The Labute approximate surface area is 108 Å². The van der Waals surface area contributed by atoms with E-state index in [9.17, 15) is 9.50 Å². The molecule has 0 amide bonds. The van der Waals surface area contributed by atoms with Crippen molar-refractivity contribution >= 4 is 22.9 Å². The third-order valence-corrected chi connectivity index (χ3v) is 3.79. The molecule has 0 bridgehead atoms. The van der Waals surface area contributed by atoms with Gasteiger partial charge in [-0.1, -0.05) is 11.6 Å². The maximum Gasteiger partial charge on any atom is 0.126 e. The van der Waals surface area contributed by atoms with E-state index in [4.69, 9.17) is 11.6 Å². The maximum atomic E-state index is 13.5. The van der Waals surface area contributed by atoms with Crippen molar-refractivity contribution in [2.24, 2.45) is 0 Å². The van der Waals surface area contributed by atoms with E-state index in [0.29, 0.717) is 10.6 Å². The highest BCUT2D eigenvalue weighted by atomic mass is 35.5. The van der Waals surface area contributed by atoms with E-state index in [1.807, 2.05) is 17.7 Å². The first kappa shape index (κ1) is 12.6. The van der Waals surface area contributed by atoms with Gasteiger partial charge in [0.15, 0.2) is 0 Å². The number of aryl methyl sites for hydroxylation is 1. The molecule has 1 aromatic carbocycles. The molecular weight excluding hydrogens is 259 g/mol. The zero-order chi connectivity index (χ0) is 12.4. The van der Waals surface area contributed by atoms with Crippen molar-refractivity contribution < 1.29 is 9.50 Å². The molecule has 4 heteroatoms. The predicted octanol–water partition coefficient (Wildman–Crippen LogP) is 4.13. The summed E-state index contributed by atoms with van der Waals surface area (Å²) in [6, 6.07) is 4.38. The van der Waals surface area contributed by atoms with Crippen LogP contribution < -0.4 is 0 Å². The van der Waals surface area contributed by atoms with Gasteiger partial charge in [0.25, 0.3) is 0 Å². The highest BCUT2D eigenvalue weighted by molar-refractivity contribution is 7.08. The number of hydrogen-bond acceptors (Lipinski definition) is 2. The molecule has 0 spiro atoms. The summed E-state index contributed by atoms with van der Waals surface area (Å²) >= 11 is 7.34. The first-order valence-electron chi connectivity index (χ1n) is 5.22. The summed E-state index contributed by atoms with van der Waals surface area (Å²) in [7, 11) is 0. The lowest BCUT2D eigenvalue weighted by Crippen LogP contribution is -2.03. The van der Waals surface area contributed by atoms with Crippen molar-refractivity contribution in [3.8, 4) is 0 Å². The summed E-state index contributed by atoms with van der Waals surface area (Å²) < 4.78 is 13.5. The van der Waals surface area contributed by atoms with Gasteiger partial charge in [-0.3, -0.25) is 0 Å². The topological polar surface area (TPSA) is 20.2 Å². The Balaban J connectivity index is 2.21. The van der Waals surface area contributed by atoms with Gasteiger partial charge in [0, 0.05) is 11.4 Å². The lowest BCUT2D eigenvalue weighted by Gasteiger charge is -2.11. The monoisotopic (exact) mass is 270 g/mol. The number of hydrogen-bond donors (Lipinski definition) is 1. The van der Waals surface area contributed by atoms with Gasteiger partial charge in [0.2, 0.25) is 0 Å². The van der Waals surface area contributed by atoms with Crippen molar-refractivity contribution in [3.05, 3.63) is 56.5 Å². The van der Waals surface area contributed by atoms with Crippen molar-refractivity contribution in [3.63, 3.8) is 0 Å². The maximum absolute atomic E-state index is 13.5. The highest BCUT2D eigenvalue weighted by Gasteiger charge is 2.14. The normalized spacial score (nSPS) is 12.7. The van der Waals surface area contributed by atoms with E-state index in [1.165, 1.54) is 23.5 Å². The molecule has 1 heterocycles. The fourth-order valence-electron chi connectivity index (χ4n) is 1.73. The van der Waals surface area contributed by atoms with Gasteiger partial charge in [-0.2, -0.15) is 11.3 Å². The minimum absolute atomic E-state index is 0.240. The predicted molar refractivity (Wildman–Crippen MR) is 69.1 cm³/mol. The van der Waals surface area contributed by atoms with E-state index in [0.717, 1.165) is 11.1 Å². The van der Waals surface area contributed by atoms with Crippen LogP contribution in [0.4, 0.5) is 4.39 Å². The average Bonchev–Trinajstić information content (AvgIpc) is 2.70. The van der Waals surface area contributed by atoms with Crippen LogP contribution in [0.25, 0.3) is 0 Å². The van der Waals surface area contributed by atoms with Crippen molar-refractivity contribution in [2.75, 3.05) is 0 Å². The van der Waals surface area contributed by atoms with Crippen LogP contribution in [0.15, 0.2) is 29.0 Å². The number of rotatable bonds is 3. The number of halogens is 2. The quantitative estimate of drug-likeness (QED) is 0.889. The second-order valence-corrected chi connectivity index (χ2v) is 5.15. The minimum atomic E-state index is -0.686. The second-order valence-electron chi connectivity index (χ2n) is 3.97. The third kappa shape index (κ3) is 2.86. The van der Waals surface area contributed by atoms with Gasteiger partial charge in [0.05, 0.1) is 6.10 Å². The number of aliphatic hydroxyl groups excluding tert-OH is 1. The molecule has 1 unspecified atom stereocenters. The number of thiophene rings is 1. The van der Waals surface area contributed by atoms with Crippen LogP contribution in [0.5, 0.6) is 0 Å². The molecule has 17 heavy (non-hydrogen) atoms. The summed E-state index contributed by atoms with van der Waals surface area (Å²) in [4.78, 5) is 0. The molecule has 2 rings (SSSR count). The molecule has 0 saturated carbocycles. The summed E-state index contributed by atoms with van der Waals surface area (Å²) in [5, 5.41) is 14.4. The number of benzene rings is 1. The Morgan fingerprint density at radius 2 is 2.18 bits per heavy atom. The van der Waals surface area contributed by atoms with Crippen molar-refractivity contribution in [2.45, 2.75) is 19.4 Å². The van der Waals surface area contributed by atoms with Gasteiger partial charge in [-0.25, -0.2) is 4.39 Å². The van der Waals surface area contributed by atoms with Gasteiger partial charge in [0.1, 0.15) is 5.82 Å². The molecule has 0 aliphatic rings. The van der Waals surface area contributed by atoms with Crippen LogP contribution in [0, 0.1) is 12.7 Å². The highest BCUT2D eigenvalue weighted by Crippen LogP contribution is 2.26. The molecule has 0 radical (unpaired) electrons. The first-order chi connectivity index (χ1) is 8.08. The zero-order valence-corrected chi connectivity index (χ0v) is 10.9. The van der Waals surface area contributed by atoms with E-state index >= 15 is 0 Å². The lowest BCUT2D eigenvalue weighted by atomic mass is 10.0. The van der Waals surface area contributed by atoms with Crippen LogP contribution in [0.1, 0.15) is 22.8 Å². The molecule has 0 fully saturated rings. The summed E-state index contributed by atoms with van der Waals surface area (Å²) in [6.07, 6.45) is -0.446. The molecule has 1 aromatic heterocycles. The molecule has 90 valence electrons. The van der Waals surface area contributed by atoms with E-state index < -0.39 is 6.10 Å². The van der Waals surface area contributed by atoms with Crippen LogP contribution in [-0.2, 0) is 6.42 Å². The molecule has 0 aliphatic heterocycles. The lowest BCUT2D eigenvalue weighted by molar-refractivity contribution is 0.177.